The Hall–Kier alpha value is -0.0800. The molecule has 0 aromatic heterocycles. The van der Waals surface area contributed by atoms with Crippen molar-refractivity contribution in [1.82, 2.24) is 5.32 Å². The smallest absolute Gasteiger partial charge is 0.0111 e. The van der Waals surface area contributed by atoms with E-state index >= 15 is 0 Å². The van der Waals surface area contributed by atoms with Gasteiger partial charge in [0, 0.05) is 6.04 Å². The van der Waals surface area contributed by atoms with E-state index in [9.17, 15) is 0 Å². The summed E-state index contributed by atoms with van der Waals surface area (Å²) in [6.07, 6.45) is 4.18. The first kappa shape index (κ1) is 6.62. The topological polar surface area (TPSA) is 38.0 Å². The van der Waals surface area contributed by atoms with Crippen LogP contribution >= 0.6 is 0 Å². The Morgan fingerprint density at radius 1 is 1.40 bits per heavy atom. The summed E-state index contributed by atoms with van der Waals surface area (Å²) in [5.41, 5.74) is 5.68. The van der Waals surface area contributed by atoms with E-state index < -0.39 is 0 Å². The number of nitrogens with two attached hydrogens (primary N) is 1. The molecule has 1 aliphatic carbocycles. The van der Waals surface area contributed by atoms with Crippen LogP contribution in [0.3, 0.4) is 0 Å². The molecule has 3 atom stereocenters. The van der Waals surface area contributed by atoms with Gasteiger partial charge in [-0.2, -0.15) is 0 Å². The highest BCUT2D eigenvalue weighted by atomic mass is 15.0. The van der Waals surface area contributed by atoms with Crippen LogP contribution in [0.1, 0.15) is 19.3 Å². The lowest BCUT2D eigenvalue weighted by Crippen LogP contribution is -2.34. The van der Waals surface area contributed by atoms with Crippen molar-refractivity contribution in [3.05, 3.63) is 0 Å². The predicted molar refractivity (Wildman–Crippen MR) is 41.7 cm³/mol. The van der Waals surface area contributed by atoms with E-state index in [1.165, 1.54) is 25.8 Å². The second kappa shape index (κ2) is 2.51. The summed E-state index contributed by atoms with van der Waals surface area (Å²) >= 11 is 0. The Labute approximate surface area is 62.2 Å². The fraction of sp³-hybridized carbons (Fsp3) is 1.00. The molecule has 2 bridgehead atoms. The van der Waals surface area contributed by atoms with Gasteiger partial charge in [-0.1, -0.05) is 6.42 Å². The van der Waals surface area contributed by atoms with Crippen molar-refractivity contribution in [1.29, 1.82) is 0 Å². The highest BCUT2D eigenvalue weighted by molar-refractivity contribution is 4.94. The molecule has 10 heavy (non-hydrogen) atoms. The predicted octanol–water partition coefficient (Wildman–Crippen LogP) is 0.333. The van der Waals surface area contributed by atoms with Crippen LogP contribution in [0.4, 0.5) is 0 Å². The molecule has 0 aromatic rings. The second-order valence-electron chi connectivity index (χ2n) is 3.61. The molecule has 2 fully saturated rings. The van der Waals surface area contributed by atoms with E-state index in [0.717, 1.165) is 24.4 Å². The van der Waals surface area contributed by atoms with E-state index in [1.54, 1.807) is 0 Å². The highest BCUT2D eigenvalue weighted by Crippen LogP contribution is 2.33. The third-order valence-corrected chi connectivity index (χ3v) is 3.13. The second-order valence-corrected chi connectivity index (χ2v) is 3.61. The molecule has 2 heteroatoms. The zero-order valence-electron chi connectivity index (χ0n) is 6.34. The van der Waals surface area contributed by atoms with Crippen molar-refractivity contribution in [2.75, 3.05) is 13.1 Å². The first-order valence-electron chi connectivity index (χ1n) is 4.35. The van der Waals surface area contributed by atoms with Crippen molar-refractivity contribution < 1.29 is 0 Å². The van der Waals surface area contributed by atoms with Crippen LogP contribution in [0.2, 0.25) is 0 Å². The summed E-state index contributed by atoms with van der Waals surface area (Å²) in [4.78, 5) is 0. The van der Waals surface area contributed by atoms with Crippen LogP contribution in [-0.4, -0.2) is 19.1 Å². The molecule has 0 spiro atoms. The van der Waals surface area contributed by atoms with Crippen molar-refractivity contribution >= 4 is 0 Å². The standard InChI is InChI=1S/C8H16N2/c9-4-7-6-2-1-3-8(7)10-5-6/h6-8,10H,1-5,9H2. The van der Waals surface area contributed by atoms with Gasteiger partial charge >= 0.3 is 0 Å². The maximum atomic E-state index is 5.68. The number of rotatable bonds is 1. The summed E-state index contributed by atoms with van der Waals surface area (Å²) in [5.74, 6) is 1.71. The van der Waals surface area contributed by atoms with Gasteiger partial charge in [0.05, 0.1) is 0 Å². The van der Waals surface area contributed by atoms with E-state index in [-0.39, 0.29) is 0 Å². The lowest BCUT2D eigenvalue weighted by Gasteiger charge is -2.27. The maximum absolute atomic E-state index is 5.68. The minimum absolute atomic E-state index is 0.767. The van der Waals surface area contributed by atoms with Crippen LogP contribution in [0, 0.1) is 11.8 Å². The molecule has 3 N–H and O–H groups in total. The minimum atomic E-state index is 0.767. The van der Waals surface area contributed by atoms with Gasteiger partial charge in [-0.15, -0.1) is 0 Å². The van der Waals surface area contributed by atoms with Crippen molar-refractivity contribution in [2.24, 2.45) is 17.6 Å². The molecule has 0 aromatic carbocycles. The fourth-order valence-electron chi connectivity index (χ4n) is 2.52. The van der Waals surface area contributed by atoms with Gasteiger partial charge in [0.2, 0.25) is 0 Å². The van der Waals surface area contributed by atoms with Gasteiger partial charge in [-0.3, -0.25) is 0 Å². The Morgan fingerprint density at radius 2 is 2.30 bits per heavy atom. The molecule has 3 unspecified atom stereocenters. The molecule has 2 rings (SSSR count). The third-order valence-electron chi connectivity index (χ3n) is 3.13. The van der Waals surface area contributed by atoms with Crippen LogP contribution < -0.4 is 11.1 Å². The molecule has 58 valence electrons. The average molecular weight is 140 g/mol. The van der Waals surface area contributed by atoms with E-state index in [4.69, 9.17) is 5.73 Å². The Kier molecular flexibility index (Phi) is 1.66. The minimum Gasteiger partial charge on any atom is -0.330 e. The van der Waals surface area contributed by atoms with Gasteiger partial charge in [-0.05, 0) is 37.8 Å². The molecule has 2 aliphatic rings. The van der Waals surface area contributed by atoms with Gasteiger partial charge in [0.25, 0.3) is 0 Å². The first-order valence-corrected chi connectivity index (χ1v) is 4.35. The van der Waals surface area contributed by atoms with E-state index in [2.05, 4.69) is 5.32 Å². The largest absolute Gasteiger partial charge is 0.330 e. The van der Waals surface area contributed by atoms with Crippen LogP contribution in [0.5, 0.6) is 0 Å². The molecular formula is C8H16N2. The third kappa shape index (κ3) is 0.867. The lowest BCUT2D eigenvalue weighted by molar-refractivity contribution is 0.283. The number of hydrogen-bond donors (Lipinski definition) is 2. The molecule has 1 aliphatic heterocycles. The van der Waals surface area contributed by atoms with E-state index in [1.807, 2.05) is 0 Å². The molecular weight excluding hydrogens is 124 g/mol. The molecule has 0 radical (unpaired) electrons. The Bertz CT molecular complexity index is 108. The summed E-state index contributed by atoms with van der Waals surface area (Å²) in [6, 6.07) is 0.767. The molecule has 1 saturated carbocycles. The lowest BCUT2D eigenvalue weighted by atomic mass is 9.80. The average Bonchev–Trinajstić information content (AvgIpc) is 2.19. The number of nitrogens with one attached hydrogen (secondary N) is 1. The van der Waals surface area contributed by atoms with Crippen LogP contribution in [-0.2, 0) is 0 Å². The van der Waals surface area contributed by atoms with Crippen molar-refractivity contribution in [2.45, 2.75) is 25.3 Å². The highest BCUT2D eigenvalue weighted by Gasteiger charge is 2.37. The zero-order chi connectivity index (χ0) is 6.97. The van der Waals surface area contributed by atoms with Gasteiger partial charge in [-0.25, -0.2) is 0 Å². The number of fused-ring (bicyclic) bond motifs is 2. The Morgan fingerprint density at radius 3 is 2.90 bits per heavy atom. The molecule has 1 heterocycles. The number of hydrogen-bond acceptors (Lipinski definition) is 2. The maximum Gasteiger partial charge on any atom is 0.0111 e. The van der Waals surface area contributed by atoms with Crippen molar-refractivity contribution in [3.63, 3.8) is 0 Å². The quantitative estimate of drug-likeness (QED) is 0.551. The normalized spacial score (nSPS) is 45.9. The molecule has 0 amide bonds. The molecule has 1 saturated heterocycles. The van der Waals surface area contributed by atoms with Crippen LogP contribution in [0.15, 0.2) is 0 Å². The first-order chi connectivity index (χ1) is 4.92. The van der Waals surface area contributed by atoms with Crippen LogP contribution in [0.25, 0.3) is 0 Å². The van der Waals surface area contributed by atoms with Crippen molar-refractivity contribution in [3.8, 4) is 0 Å². The van der Waals surface area contributed by atoms with E-state index in [0.29, 0.717) is 0 Å². The summed E-state index contributed by atoms with van der Waals surface area (Å²) < 4.78 is 0. The SMILES string of the molecule is NCC1C2CCCC1NC2. The molecule has 2 nitrogen and oxygen atoms in total. The van der Waals surface area contributed by atoms with Gasteiger partial charge in [0.15, 0.2) is 0 Å². The summed E-state index contributed by atoms with van der Waals surface area (Å²) in [7, 11) is 0. The van der Waals surface area contributed by atoms with Gasteiger partial charge in [0.1, 0.15) is 0 Å². The summed E-state index contributed by atoms with van der Waals surface area (Å²) in [5, 5.41) is 3.54. The monoisotopic (exact) mass is 140 g/mol. The summed E-state index contributed by atoms with van der Waals surface area (Å²) in [6.45, 7) is 2.12. The van der Waals surface area contributed by atoms with Gasteiger partial charge < -0.3 is 11.1 Å². The zero-order valence-corrected chi connectivity index (χ0v) is 6.34. The Balaban J connectivity index is 2.06. The fourth-order valence-corrected chi connectivity index (χ4v) is 2.52.